The molecule has 1 saturated carbocycles. The third-order valence-corrected chi connectivity index (χ3v) is 5.40. The molecule has 0 heterocycles. The highest BCUT2D eigenvalue weighted by atomic mass is 35.5. The van der Waals surface area contributed by atoms with E-state index in [4.69, 9.17) is 27.9 Å². The molecule has 1 aliphatic carbocycles. The molecule has 0 spiro atoms. The van der Waals surface area contributed by atoms with Crippen LogP contribution in [0.4, 0.5) is 0 Å². The standard InChI is InChI=1S/C20H21Cl2NO2/c1-14(25-18-9-8-16(21)12-17(18)22)19(24)23-13-20(10-5-11-20)15-6-3-2-4-7-15/h2-4,6-9,12,14H,5,10-11,13H2,1H3,(H,23,24). The Morgan fingerprint density at radius 3 is 2.52 bits per heavy atom. The molecule has 3 nitrogen and oxygen atoms in total. The normalized spacial score (nSPS) is 16.6. The number of carbonyl (C=O) groups excluding carboxylic acids is 1. The minimum absolute atomic E-state index is 0.0502. The maximum Gasteiger partial charge on any atom is 0.260 e. The van der Waals surface area contributed by atoms with Gasteiger partial charge in [0.15, 0.2) is 6.10 Å². The molecule has 0 aromatic heterocycles. The largest absolute Gasteiger partial charge is 0.479 e. The molecule has 2 aromatic carbocycles. The summed E-state index contributed by atoms with van der Waals surface area (Å²) < 4.78 is 5.68. The lowest BCUT2D eigenvalue weighted by atomic mass is 9.64. The molecule has 1 aliphatic rings. The molecule has 0 saturated heterocycles. The zero-order chi connectivity index (χ0) is 17.9. The van der Waals surface area contributed by atoms with Gasteiger partial charge in [-0.25, -0.2) is 0 Å². The second-order valence-electron chi connectivity index (χ2n) is 6.55. The van der Waals surface area contributed by atoms with Crippen LogP contribution in [-0.4, -0.2) is 18.6 Å². The third-order valence-electron chi connectivity index (χ3n) is 4.86. The fourth-order valence-electron chi connectivity index (χ4n) is 3.18. The summed E-state index contributed by atoms with van der Waals surface area (Å²) in [5, 5.41) is 3.97. The first-order valence-electron chi connectivity index (χ1n) is 8.45. The van der Waals surface area contributed by atoms with Crippen molar-refractivity contribution in [3.8, 4) is 5.75 Å². The topological polar surface area (TPSA) is 38.3 Å². The van der Waals surface area contributed by atoms with Crippen LogP contribution in [0.25, 0.3) is 0 Å². The van der Waals surface area contributed by atoms with Crippen molar-refractivity contribution in [3.05, 3.63) is 64.1 Å². The van der Waals surface area contributed by atoms with E-state index in [-0.39, 0.29) is 11.3 Å². The lowest BCUT2D eigenvalue weighted by molar-refractivity contribution is -0.127. The molecule has 0 aliphatic heterocycles. The van der Waals surface area contributed by atoms with Gasteiger partial charge in [0.1, 0.15) is 5.75 Å². The minimum Gasteiger partial charge on any atom is -0.479 e. The molecule has 1 fully saturated rings. The van der Waals surface area contributed by atoms with Gasteiger partial charge in [0, 0.05) is 17.0 Å². The quantitative estimate of drug-likeness (QED) is 0.768. The Morgan fingerprint density at radius 2 is 1.92 bits per heavy atom. The van der Waals surface area contributed by atoms with Crippen LogP contribution in [0.1, 0.15) is 31.7 Å². The minimum atomic E-state index is -0.633. The number of amides is 1. The summed E-state index contributed by atoms with van der Waals surface area (Å²) in [4.78, 5) is 12.4. The van der Waals surface area contributed by atoms with Crippen LogP contribution in [0, 0.1) is 0 Å². The maximum absolute atomic E-state index is 12.4. The van der Waals surface area contributed by atoms with E-state index in [2.05, 4.69) is 17.4 Å². The predicted octanol–water partition coefficient (Wildman–Crippen LogP) is 5.00. The van der Waals surface area contributed by atoms with Crippen LogP contribution in [0.3, 0.4) is 0 Å². The average Bonchev–Trinajstić information content (AvgIpc) is 2.57. The van der Waals surface area contributed by atoms with E-state index in [0.29, 0.717) is 22.3 Å². The fraction of sp³-hybridized carbons (Fsp3) is 0.350. The van der Waals surface area contributed by atoms with Gasteiger partial charge in [0.2, 0.25) is 0 Å². The van der Waals surface area contributed by atoms with Crippen molar-refractivity contribution in [1.29, 1.82) is 0 Å². The molecular weight excluding hydrogens is 357 g/mol. The second kappa shape index (κ2) is 7.67. The Morgan fingerprint density at radius 1 is 1.20 bits per heavy atom. The fourth-order valence-corrected chi connectivity index (χ4v) is 3.63. The van der Waals surface area contributed by atoms with E-state index in [1.54, 1.807) is 25.1 Å². The van der Waals surface area contributed by atoms with Crippen molar-refractivity contribution in [1.82, 2.24) is 5.32 Å². The van der Waals surface area contributed by atoms with Crippen molar-refractivity contribution >= 4 is 29.1 Å². The molecule has 0 radical (unpaired) electrons. The number of halogens is 2. The molecule has 132 valence electrons. The highest BCUT2D eigenvalue weighted by Gasteiger charge is 2.39. The summed E-state index contributed by atoms with van der Waals surface area (Å²) in [6.45, 7) is 2.34. The van der Waals surface area contributed by atoms with Crippen molar-refractivity contribution in [2.45, 2.75) is 37.7 Å². The first-order chi connectivity index (χ1) is 12.0. The summed E-state index contributed by atoms with van der Waals surface area (Å²) in [5.74, 6) is 0.309. The van der Waals surface area contributed by atoms with Gasteiger partial charge in [-0.05, 0) is 43.5 Å². The van der Waals surface area contributed by atoms with Crippen LogP contribution in [0.15, 0.2) is 48.5 Å². The molecule has 1 atom stereocenters. The van der Waals surface area contributed by atoms with Crippen LogP contribution in [-0.2, 0) is 10.2 Å². The molecular formula is C20H21Cl2NO2. The van der Waals surface area contributed by atoms with Gasteiger partial charge in [-0.15, -0.1) is 0 Å². The maximum atomic E-state index is 12.4. The van der Waals surface area contributed by atoms with Crippen LogP contribution >= 0.6 is 23.2 Å². The van der Waals surface area contributed by atoms with Gasteiger partial charge in [-0.2, -0.15) is 0 Å². The summed E-state index contributed by atoms with van der Waals surface area (Å²) >= 11 is 12.0. The monoisotopic (exact) mass is 377 g/mol. The number of ether oxygens (including phenoxy) is 1. The molecule has 2 aromatic rings. The van der Waals surface area contributed by atoms with Gasteiger partial charge in [0.25, 0.3) is 5.91 Å². The molecule has 1 N–H and O–H groups in total. The number of nitrogens with one attached hydrogen (secondary N) is 1. The third kappa shape index (κ3) is 4.10. The van der Waals surface area contributed by atoms with Crippen molar-refractivity contribution < 1.29 is 9.53 Å². The molecule has 5 heteroatoms. The van der Waals surface area contributed by atoms with Gasteiger partial charge >= 0.3 is 0 Å². The van der Waals surface area contributed by atoms with E-state index in [1.165, 1.54) is 12.0 Å². The lowest BCUT2D eigenvalue weighted by Gasteiger charge is -2.42. The number of hydrogen-bond donors (Lipinski definition) is 1. The molecule has 0 bridgehead atoms. The molecule has 3 rings (SSSR count). The van der Waals surface area contributed by atoms with Crippen LogP contribution in [0.2, 0.25) is 10.0 Å². The Hall–Kier alpha value is -1.71. The Bertz CT molecular complexity index is 745. The number of rotatable bonds is 6. The number of benzene rings is 2. The van der Waals surface area contributed by atoms with Crippen LogP contribution < -0.4 is 10.1 Å². The smallest absolute Gasteiger partial charge is 0.260 e. The SMILES string of the molecule is CC(Oc1ccc(Cl)cc1Cl)C(=O)NCC1(c2ccccc2)CCC1. The van der Waals surface area contributed by atoms with Gasteiger partial charge < -0.3 is 10.1 Å². The second-order valence-corrected chi connectivity index (χ2v) is 7.40. The Balaban J connectivity index is 1.60. The average molecular weight is 378 g/mol. The van der Waals surface area contributed by atoms with Crippen molar-refractivity contribution in [3.63, 3.8) is 0 Å². The van der Waals surface area contributed by atoms with Gasteiger partial charge in [-0.3, -0.25) is 4.79 Å². The molecule has 1 amide bonds. The summed E-state index contributed by atoms with van der Waals surface area (Å²) in [7, 11) is 0. The number of carbonyl (C=O) groups is 1. The van der Waals surface area contributed by atoms with E-state index < -0.39 is 6.10 Å². The van der Waals surface area contributed by atoms with E-state index >= 15 is 0 Å². The Labute approximate surface area is 158 Å². The Kier molecular flexibility index (Phi) is 5.55. The highest BCUT2D eigenvalue weighted by molar-refractivity contribution is 6.35. The number of hydrogen-bond acceptors (Lipinski definition) is 2. The van der Waals surface area contributed by atoms with Crippen LogP contribution in [0.5, 0.6) is 5.75 Å². The predicted molar refractivity (Wildman–Crippen MR) is 102 cm³/mol. The molecule has 25 heavy (non-hydrogen) atoms. The van der Waals surface area contributed by atoms with E-state index in [9.17, 15) is 4.79 Å². The highest BCUT2D eigenvalue weighted by Crippen LogP contribution is 2.43. The summed E-state index contributed by atoms with van der Waals surface area (Å²) in [5.41, 5.74) is 1.34. The van der Waals surface area contributed by atoms with Gasteiger partial charge in [0.05, 0.1) is 5.02 Å². The first kappa shape index (κ1) is 18.1. The zero-order valence-electron chi connectivity index (χ0n) is 14.1. The van der Waals surface area contributed by atoms with Gasteiger partial charge in [-0.1, -0.05) is 60.0 Å². The van der Waals surface area contributed by atoms with E-state index in [0.717, 1.165) is 12.8 Å². The summed E-state index contributed by atoms with van der Waals surface area (Å²) in [6, 6.07) is 15.3. The van der Waals surface area contributed by atoms with Crippen molar-refractivity contribution in [2.75, 3.05) is 6.54 Å². The van der Waals surface area contributed by atoms with E-state index in [1.807, 2.05) is 18.2 Å². The molecule has 1 unspecified atom stereocenters. The van der Waals surface area contributed by atoms with Crippen molar-refractivity contribution in [2.24, 2.45) is 0 Å². The zero-order valence-corrected chi connectivity index (χ0v) is 15.6. The first-order valence-corrected chi connectivity index (χ1v) is 9.21. The lowest BCUT2D eigenvalue weighted by Crippen LogP contribution is -2.48. The summed E-state index contributed by atoms with van der Waals surface area (Å²) in [6.07, 6.45) is 2.74.